The van der Waals surface area contributed by atoms with Gasteiger partial charge in [0.15, 0.2) is 17.7 Å². The number of hydrogen-bond acceptors (Lipinski definition) is 3. The fourth-order valence-electron chi connectivity index (χ4n) is 1.02. The molecule has 0 aromatic heterocycles. The number of nitriles is 1. The van der Waals surface area contributed by atoms with Gasteiger partial charge in [-0.05, 0) is 12.1 Å². The van der Waals surface area contributed by atoms with Crippen LogP contribution >= 0.6 is 0 Å². The van der Waals surface area contributed by atoms with Crippen LogP contribution < -0.4 is 0 Å². The van der Waals surface area contributed by atoms with E-state index >= 15 is 0 Å². The van der Waals surface area contributed by atoms with Gasteiger partial charge in [-0.3, -0.25) is 0 Å². The van der Waals surface area contributed by atoms with Crippen molar-refractivity contribution < 1.29 is 23.8 Å². The molecule has 1 unspecified atom stereocenters. The summed E-state index contributed by atoms with van der Waals surface area (Å²) < 4.78 is 25.4. The minimum absolute atomic E-state index is 0.413. The normalized spacial score (nSPS) is 11.9. The molecule has 2 N–H and O–H groups in total. The van der Waals surface area contributed by atoms with Crippen LogP contribution in [0.5, 0.6) is 0 Å². The van der Waals surface area contributed by atoms with E-state index in [2.05, 4.69) is 0 Å². The molecule has 6 heteroatoms. The van der Waals surface area contributed by atoms with E-state index in [0.29, 0.717) is 12.1 Å². The molecule has 1 rings (SSSR count). The zero-order chi connectivity index (χ0) is 11.6. The SMILES string of the molecule is N#Cc1cc(F)c(F)cc1C(O)C(=O)O. The molecule has 0 aliphatic carbocycles. The number of carbonyl (C=O) groups is 1. The number of aliphatic hydroxyl groups excluding tert-OH is 1. The summed E-state index contributed by atoms with van der Waals surface area (Å²) in [5, 5.41) is 26.0. The molecule has 0 amide bonds. The Morgan fingerprint density at radius 2 is 1.93 bits per heavy atom. The zero-order valence-electron chi connectivity index (χ0n) is 7.24. The Bertz CT molecular complexity index is 453. The quantitative estimate of drug-likeness (QED) is 0.766. The molecule has 0 heterocycles. The summed E-state index contributed by atoms with van der Waals surface area (Å²) in [6.45, 7) is 0. The third-order valence-electron chi connectivity index (χ3n) is 1.74. The van der Waals surface area contributed by atoms with Crippen molar-refractivity contribution in [1.29, 1.82) is 5.26 Å². The van der Waals surface area contributed by atoms with Gasteiger partial charge in [0, 0.05) is 5.56 Å². The molecule has 0 spiro atoms. The zero-order valence-corrected chi connectivity index (χ0v) is 7.24. The summed E-state index contributed by atoms with van der Waals surface area (Å²) >= 11 is 0. The number of hydrogen-bond donors (Lipinski definition) is 2. The summed E-state index contributed by atoms with van der Waals surface area (Å²) in [4.78, 5) is 10.4. The lowest BCUT2D eigenvalue weighted by atomic mass is 10.0. The van der Waals surface area contributed by atoms with E-state index < -0.39 is 34.8 Å². The standard InChI is InChI=1S/C9H5F2NO3/c10-6-1-4(3-12)5(2-7(6)11)8(13)9(14)15/h1-2,8,13H,(H,14,15). The molecule has 0 aliphatic heterocycles. The lowest BCUT2D eigenvalue weighted by molar-refractivity contribution is -0.147. The number of aliphatic carboxylic acids is 1. The maximum atomic E-state index is 12.7. The number of rotatable bonds is 2. The molecule has 1 aromatic rings. The van der Waals surface area contributed by atoms with Crippen molar-refractivity contribution in [2.45, 2.75) is 6.10 Å². The maximum absolute atomic E-state index is 12.7. The third kappa shape index (κ3) is 2.08. The molecule has 0 radical (unpaired) electrons. The molecule has 0 saturated heterocycles. The van der Waals surface area contributed by atoms with E-state index in [0.717, 1.165) is 0 Å². The minimum Gasteiger partial charge on any atom is -0.479 e. The van der Waals surface area contributed by atoms with Crippen LogP contribution in [-0.2, 0) is 4.79 Å². The van der Waals surface area contributed by atoms with E-state index in [9.17, 15) is 13.6 Å². The predicted molar refractivity (Wildman–Crippen MR) is 43.7 cm³/mol. The van der Waals surface area contributed by atoms with Crippen molar-refractivity contribution >= 4 is 5.97 Å². The number of halogens is 2. The Morgan fingerprint density at radius 3 is 2.40 bits per heavy atom. The highest BCUT2D eigenvalue weighted by molar-refractivity contribution is 5.75. The van der Waals surface area contributed by atoms with E-state index in [1.807, 2.05) is 0 Å². The summed E-state index contributed by atoms with van der Waals surface area (Å²) in [6, 6.07) is 2.50. The number of nitrogens with zero attached hydrogens (tertiary/aromatic N) is 1. The second kappa shape index (κ2) is 4.02. The molecular weight excluding hydrogens is 208 g/mol. The molecule has 0 aliphatic rings. The molecular formula is C9H5F2NO3. The Labute approximate surface area is 83.0 Å². The number of carboxylic acid groups (broad SMARTS) is 1. The smallest absolute Gasteiger partial charge is 0.337 e. The second-order valence-corrected chi connectivity index (χ2v) is 2.71. The maximum Gasteiger partial charge on any atom is 0.337 e. The molecule has 0 fully saturated rings. The Balaban J connectivity index is 3.35. The van der Waals surface area contributed by atoms with Crippen LogP contribution in [0.2, 0.25) is 0 Å². The molecule has 4 nitrogen and oxygen atoms in total. The monoisotopic (exact) mass is 213 g/mol. The van der Waals surface area contributed by atoms with Crippen molar-refractivity contribution in [3.8, 4) is 6.07 Å². The first kappa shape index (κ1) is 11.1. The highest BCUT2D eigenvalue weighted by Crippen LogP contribution is 2.21. The Hall–Kier alpha value is -2.00. The predicted octanol–water partition coefficient (Wildman–Crippen LogP) is 0.954. The average molecular weight is 213 g/mol. The van der Waals surface area contributed by atoms with E-state index in [1.165, 1.54) is 6.07 Å². The van der Waals surface area contributed by atoms with Crippen LogP contribution in [0.25, 0.3) is 0 Å². The van der Waals surface area contributed by atoms with Crippen LogP contribution in [0.15, 0.2) is 12.1 Å². The van der Waals surface area contributed by atoms with Gasteiger partial charge < -0.3 is 10.2 Å². The number of carboxylic acids is 1. The van der Waals surface area contributed by atoms with Crippen LogP contribution in [0, 0.1) is 23.0 Å². The summed E-state index contributed by atoms with van der Waals surface area (Å²) in [6.07, 6.45) is -2.05. The molecule has 0 saturated carbocycles. The lowest BCUT2D eigenvalue weighted by Crippen LogP contribution is -2.12. The fraction of sp³-hybridized carbons (Fsp3) is 0.111. The molecule has 15 heavy (non-hydrogen) atoms. The van der Waals surface area contributed by atoms with Crippen molar-refractivity contribution in [2.75, 3.05) is 0 Å². The van der Waals surface area contributed by atoms with Gasteiger partial charge >= 0.3 is 5.97 Å². The van der Waals surface area contributed by atoms with Gasteiger partial charge in [-0.1, -0.05) is 0 Å². The van der Waals surface area contributed by atoms with Crippen molar-refractivity contribution in [2.24, 2.45) is 0 Å². The van der Waals surface area contributed by atoms with E-state index in [4.69, 9.17) is 15.5 Å². The van der Waals surface area contributed by atoms with Gasteiger partial charge in [0.2, 0.25) is 0 Å². The first-order valence-electron chi connectivity index (χ1n) is 3.77. The highest BCUT2D eigenvalue weighted by Gasteiger charge is 2.21. The third-order valence-corrected chi connectivity index (χ3v) is 1.74. The van der Waals surface area contributed by atoms with Gasteiger partial charge in [0.25, 0.3) is 0 Å². The fourth-order valence-corrected chi connectivity index (χ4v) is 1.02. The first-order valence-corrected chi connectivity index (χ1v) is 3.77. The largest absolute Gasteiger partial charge is 0.479 e. The summed E-state index contributed by atoms with van der Waals surface area (Å²) in [5.41, 5.74) is -0.882. The van der Waals surface area contributed by atoms with Gasteiger partial charge in [0.1, 0.15) is 0 Å². The van der Waals surface area contributed by atoms with Gasteiger partial charge in [-0.25, -0.2) is 13.6 Å². The van der Waals surface area contributed by atoms with Crippen molar-refractivity contribution in [3.63, 3.8) is 0 Å². The van der Waals surface area contributed by atoms with Crippen LogP contribution in [0.1, 0.15) is 17.2 Å². The van der Waals surface area contributed by atoms with Crippen LogP contribution in [-0.4, -0.2) is 16.2 Å². The Kier molecular flexibility index (Phi) is 2.97. The number of aliphatic hydroxyl groups is 1. The molecule has 1 atom stereocenters. The van der Waals surface area contributed by atoms with Crippen LogP contribution in [0.3, 0.4) is 0 Å². The average Bonchev–Trinajstić information content (AvgIpc) is 2.20. The highest BCUT2D eigenvalue weighted by atomic mass is 19.2. The number of benzene rings is 1. The first-order chi connectivity index (χ1) is 6.97. The second-order valence-electron chi connectivity index (χ2n) is 2.71. The van der Waals surface area contributed by atoms with Gasteiger partial charge in [0.05, 0.1) is 11.6 Å². The topological polar surface area (TPSA) is 81.3 Å². The molecule has 78 valence electrons. The summed E-state index contributed by atoms with van der Waals surface area (Å²) in [7, 11) is 0. The van der Waals surface area contributed by atoms with Crippen molar-refractivity contribution in [1.82, 2.24) is 0 Å². The molecule has 1 aromatic carbocycles. The lowest BCUT2D eigenvalue weighted by Gasteiger charge is -2.07. The molecule has 0 bridgehead atoms. The van der Waals surface area contributed by atoms with Gasteiger partial charge in [-0.15, -0.1) is 0 Å². The van der Waals surface area contributed by atoms with Crippen molar-refractivity contribution in [3.05, 3.63) is 34.9 Å². The van der Waals surface area contributed by atoms with Crippen LogP contribution in [0.4, 0.5) is 8.78 Å². The van der Waals surface area contributed by atoms with Gasteiger partial charge in [-0.2, -0.15) is 5.26 Å². The Morgan fingerprint density at radius 1 is 1.40 bits per heavy atom. The summed E-state index contributed by atoms with van der Waals surface area (Å²) in [5.74, 6) is -4.23. The minimum atomic E-state index is -2.05. The van der Waals surface area contributed by atoms with E-state index in [1.54, 1.807) is 0 Å². The van der Waals surface area contributed by atoms with E-state index in [-0.39, 0.29) is 0 Å².